The summed E-state index contributed by atoms with van der Waals surface area (Å²) in [4.78, 5) is 2.31. The molecule has 1 heterocycles. The lowest BCUT2D eigenvalue weighted by Gasteiger charge is -2.23. The van der Waals surface area contributed by atoms with Crippen molar-refractivity contribution in [2.45, 2.75) is 39.5 Å². The van der Waals surface area contributed by atoms with Gasteiger partial charge in [0, 0.05) is 25.0 Å². The van der Waals surface area contributed by atoms with Crippen molar-refractivity contribution < 1.29 is 8.42 Å². The summed E-state index contributed by atoms with van der Waals surface area (Å²) >= 11 is 0. The average molecular weight is 284 g/mol. The molecule has 0 N–H and O–H groups in total. The fourth-order valence-electron chi connectivity index (χ4n) is 2.09. The van der Waals surface area contributed by atoms with Gasteiger partial charge in [-0.1, -0.05) is 18.4 Å². The highest BCUT2D eigenvalue weighted by molar-refractivity contribution is 7.89. The third kappa shape index (κ3) is 7.15. The molecule has 1 rings (SSSR count). The minimum atomic E-state index is -3.30. The summed E-state index contributed by atoms with van der Waals surface area (Å²) in [6.45, 7) is 6.14. The van der Waals surface area contributed by atoms with Crippen LogP contribution in [-0.2, 0) is 10.0 Å². The molecule has 19 heavy (non-hydrogen) atoms. The van der Waals surface area contributed by atoms with Gasteiger partial charge in [-0.15, -0.1) is 0 Å². The third-order valence-corrected chi connectivity index (χ3v) is 3.41. The molecule has 0 amide bonds. The Balaban J connectivity index is 2.90. The summed E-state index contributed by atoms with van der Waals surface area (Å²) < 4.78 is 25.6. The molecule has 0 aromatic rings. The van der Waals surface area contributed by atoms with Crippen molar-refractivity contribution in [3.05, 3.63) is 23.4 Å². The predicted molar refractivity (Wildman–Crippen MR) is 80.9 cm³/mol. The van der Waals surface area contributed by atoms with E-state index in [4.69, 9.17) is 0 Å². The minimum absolute atomic E-state index is 1.03. The molecular weight excluding hydrogens is 260 g/mol. The van der Waals surface area contributed by atoms with Crippen LogP contribution in [0, 0.1) is 0 Å². The predicted octanol–water partition coefficient (Wildman–Crippen LogP) is 2.74. The summed E-state index contributed by atoms with van der Waals surface area (Å²) in [6, 6.07) is 0. The third-order valence-electron chi connectivity index (χ3n) is 2.91. The second kappa shape index (κ2) is 7.48. The summed E-state index contributed by atoms with van der Waals surface area (Å²) in [5, 5.41) is 0. The van der Waals surface area contributed by atoms with Crippen LogP contribution in [-0.4, -0.2) is 38.9 Å². The Morgan fingerprint density at radius 2 is 1.68 bits per heavy atom. The van der Waals surface area contributed by atoms with E-state index in [-0.39, 0.29) is 0 Å². The van der Waals surface area contributed by atoms with Crippen LogP contribution >= 0.6 is 0 Å². The zero-order chi connectivity index (χ0) is 14.3. The normalized spacial score (nSPS) is 18.5. The van der Waals surface area contributed by atoms with Crippen LogP contribution in [0.25, 0.3) is 0 Å². The lowest BCUT2D eigenvalue weighted by Crippen LogP contribution is -2.23. The van der Waals surface area contributed by atoms with Crippen LogP contribution in [0.5, 0.6) is 0 Å². The van der Waals surface area contributed by atoms with Crippen LogP contribution in [0.15, 0.2) is 27.8 Å². The van der Waals surface area contributed by atoms with E-state index in [1.54, 1.807) is 6.08 Å². The van der Waals surface area contributed by atoms with Crippen molar-refractivity contribution in [3.63, 3.8) is 0 Å². The number of nitrogens with zero attached hydrogens (tertiary/aromatic N) is 2. The summed E-state index contributed by atoms with van der Waals surface area (Å²) in [5.41, 5.74) is 2.25. The van der Waals surface area contributed by atoms with Crippen molar-refractivity contribution in [2.75, 3.05) is 19.3 Å². The fraction of sp³-hybridized carbons (Fsp3) is 0.643. The Morgan fingerprint density at radius 3 is 2.16 bits per heavy atom. The Morgan fingerprint density at radius 1 is 1.11 bits per heavy atom. The Labute approximate surface area is 117 Å². The van der Waals surface area contributed by atoms with E-state index in [0.29, 0.717) is 0 Å². The maximum absolute atomic E-state index is 11.0. The highest BCUT2D eigenvalue weighted by Gasteiger charge is 2.10. The van der Waals surface area contributed by atoms with E-state index in [9.17, 15) is 8.42 Å². The van der Waals surface area contributed by atoms with Crippen molar-refractivity contribution in [1.82, 2.24) is 4.90 Å². The lowest BCUT2D eigenvalue weighted by molar-refractivity contribution is 0.369. The largest absolute Gasteiger partial charge is 0.371 e. The Bertz CT molecular complexity index is 464. The molecule has 1 saturated heterocycles. The molecule has 0 bridgehead atoms. The number of hydrogen-bond donors (Lipinski definition) is 0. The van der Waals surface area contributed by atoms with Gasteiger partial charge in [0.05, 0.1) is 6.26 Å². The highest BCUT2D eigenvalue weighted by Crippen LogP contribution is 2.16. The molecule has 0 radical (unpaired) electrons. The van der Waals surface area contributed by atoms with Gasteiger partial charge in [0.1, 0.15) is 0 Å². The van der Waals surface area contributed by atoms with Crippen molar-refractivity contribution in [3.8, 4) is 0 Å². The maximum atomic E-state index is 11.0. The number of rotatable bonds is 4. The molecule has 0 aromatic heterocycles. The van der Waals surface area contributed by atoms with Crippen molar-refractivity contribution in [2.24, 2.45) is 4.40 Å². The van der Waals surface area contributed by atoms with E-state index in [1.165, 1.54) is 37.5 Å². The number of allylic oxidation sites excluding steroid dienone is 3. The van der Waals surface area contributed by atoms with Crippen LogP contribution < -0.4 is 0 Å². The molecule has 1 aliphatic heterocycles. The summed E-state index contributed by atoms with van der Waals surface area (Å²) in [5.74, 6) is 0. The van der Waals surface area contributed by atoms with E-state index >= 15 is 0 Å². The van der Waals surface area contributed by atoms with Crippen molar-refractivity contribution >= 4 is 16.2 Å². The molecule has 108 valence electrons. The molecule has 0 aromatic carbocycles. The first-order valence-corrected chi connectivity index (χ1v) is 8.59. The Hall–Kier alpha value is -1.10. The second-order valence-corrected chi connectivity index (χ2v) is 6.88. The monoisotopic (exact) mass is 284 g/mol. The van der Waals surface area contributed by atoms with Gasteiger partial charge in [0.25, 0.3) is 0 Å². The zero-order valence-electron chi connectivity index (χ0n) is 12.1. The molecule has 1 fully saturated rings. The standard InChI is InChI=1S/C14H24N2O2S/c1-13(2)12-14(8-9-15-19(3,17)18)16-10-6-4-5-7-11-16/h8-9,12H,4-7,10-11H2,1-3H3/b14-8+,15-9+. The number of sulfonamides is 1. The van der Waals surface area contributed by atoms with Crippen LogP contribution in [0.1, 0.15) is 39.5 Å². The van der Waals surface area contributed by atoms with Gasteiger partial charge in [-0.2, -0.15) is 4.40 Å². The van der Waals surface area contributed by atoms with Gasteiger partial charge in [-0.05, 0) is 38.8 Å². The van der Waals surface area contributed by atoms with Gasteiger partial charge in [0.2, 0.25) is 10.0 Å². The molecular formula is C14H24N2O2S. The molecule has 5 heteroatoms. The molecule has 0 atom stereocenters. The molecule has 0 spiro atoms. The van der Waals surface area contributed by atoms with Gasteiger partial charge in [-0.3, -0.25) is 0 Å². The average Bonchev–Trinajstić information content (AvgIpc) is 2.53. The quantitative estimate of drug-likeness (QED) is 0.589. The number of hydrogen-bond acceptors (Lipinski definition) is 3. The first-order valence-electron chi connectivity index (χ1n) is 6.74. The van der Waals surface area contributed by atoms with Crippen LogP contribution in [0.2, 0.25) is 0 Å². The van der Waals surface area contributed by atoms with E-state index in [2.05, 4.69) is 15.4 Å². The summed E-state index contributed by atoms with van der Waals surface area (Å²) in [7, 11) is -3.30. The van der Waals surface area contributed by atoms with E-state index < -0.39 is 10.0 Å². The smallest absolute Gasteiger partial charge is 0.250 e. The molecule has 4 nitrogen and oxygen atoms in total. The first-order chi connectivity index (χ1) is 8.88. The fourth-order valence-corrected chi connectivity index (χ4v) is 2.37. The van der Waals surface area contributed by atoms with E-state index in [1.807, 2.05) is 13.8 Å². The van der Waals surface area contributed by atoms with Crippen LogP contribution in [0.4, 0.5) is 0 Å². The van der Waals surface area contributed by atoms with E-state index in [0.717, 1.165) is 25.0 Å². The summed E-state index contributed by atoms with van der Waals surface area (Å²) in [6.07, 6.45) is 11.3. The van der Waals surface area contributed by atoms with Gasteiger partial charge in [-0.25, -0.2) is 8.42 Å². The van der Waals surface area contributed by atoms with Gasteiger partial charge in [0.15, 0.2) is 0 Å². The molecule has 0 saturated carbocycles. The lowest BCUT2D eigenvalue weighted by atomic mass is 10.2. The zero-order valence-corrected chi connectivity index (χ0v) is 12.9. The van der Waals surface area contributed by atoms with Gasteiger partial charge < -0.3 is 4.90 Å². The second-order valence-electron chi connectivity index (χ2n) is 5.20. The highest BCUT2D eigenvalue weighted by atomic mass is 32.2. The molecule has 1 aliphatic rings. The van der Waals surface area contributed by atoms with Crippen molar-refractivity contribution in [1.29, 1.82) is 0 Å². The topological polar surface area (TPSA) is 49.7 Å². The van der Waals surface area contributed by atoms with Crippen LogP contribution in [0.3, 0.4) is 0 Å². The minimum Gasteiger partial charge on any atom is -0.371 e. The first kappa shape index (κ1) is 16.0. The molecule has 0 aliphatic carbocycles. The number of likely N-dealkylation sites (tertiary alicyclic amines) is 1. The Kier molecular flexibility index (Phi) is 6.28. The maximum Gasteiger partial charge on any atom is 0.250 e. The SMILES string of the molecule is CC(C)=C/C(=C\C=N\S(C)(=O)=O)N1CCCCCC1. The van der Waals surface area contributed by atoms with Gasteiger partial charge >= 0.3 is 0 Å². The molecule has 0 unspecified atom stereocenters.